The predicted molar refractivity (Wildman–Crippen MR) is 41.9 cm³/mol. The summed E-state index contributed by atoms with van der Waals surface area (Å²) in [6.45, 7) is 0. The van der Waals surface area contributed by atoms with Crippen LogP contribution in [0.3, 0.4) is 0 Å². The molecule has 7 heavy (non-hydrogen) atoms. The van der Waals surface area contributed by atoms with Gasteiger partial charge < -0.3 is 0 Å². The first-order valence-corrected chi connectivity index (χ1v) is 2.00. The Bertz CT molecular complexity index is 76.1. The number of benzene rings is 1. The smallest absolute Gasteiger partial charge is 0.0623 e. The van der Waals surface area contributed by atoms with Crippen molar-refractivity contribution in [2.24, 2.45) is 0 Å². The van der Waals surface area contributed by atoms with Gasteiger partial charge in [0.1, 0.15) is 0 Å². The van der Waals surface area contributed by atoms with Gasteiger partial charge in [-0.05, 0) is 0 Å². The van der Waals surface area contributed by atoms with Crippen LogP contribution < -0.4 is 0 Å². The zero-order valence-electron chi connectivity index (χ0n) is 3.87. The fourth-order valence-electron chi connectivity index (χ4n) is 0.385. The highest BCUT2D eigenvalue weighted by Crippen LogP contribution is 1.79. The van der Waals surface area contributed by atoms with Gasteiger partial charge in [-0.25, -0.2) is 0 Å². The average Bonchev–Trinajstić information content (AvgIpc) is 1.72. The molecule has 0 fully saturated rings. The van der Waals surface area contributed by atoms with Crippen LogP contribution in [0.2, 0.25) is 0 Å². The number of hydrogen-bond acceptors (Lipinski definition) is 0. The van der Waals surface area contributed by atoms with Crippen LogP contribution in [0.15, 0.2) is 36.4 Å². The molecule has 0 radical (unpaired) electrons. The first-order chi connectivity index (χ1) is 3.00. The molecule has 0 aliphatic heterocycles. The standard InChI is InChI=1S/C6H6.HI/c1-2-4-6-5-3-1;/h1-6H;1H. The summed E-state index contributed by atoms with van der Waals surface area (Å²) in [5.41, 5.74) is 0. The van der Waals surface area contributed by atoms with E-state index < -0.39 is 0 Å². The lowest BCUT2D eigenvalue weighted by Gasteiger charge is -1.69. The van der Waals surface area contributed by atoms with Crippen molar-refractivity contribution in [2.75, 3.05) is 0 Å². The van der Waals surface area contributed by atoms with Crippen LogP contribution >= 0.6 is 24.0 Å². The third-order valence-corrected chi connectivity index (χ3v) is 0.667. The van der Waals surface area contributed by atoms with Crippen LogP contribution in [0.1, 0.15) is 0 Å². The van der Waals surface area contributed by atoms with E-state index in [1.54, 1.807) is 0 Å². The van der Waals surface area contributed by atoms with Crippen LogP contribution in [0.4, 0.5) is 0 Å². The third-order valence-electron chi connectivity index (χ3n) is 0.667. The van der Waals surface area contributed by atoms with Gasteiger partial charge in [0.05, 0.1) is 0 Å². The molecule has 1 heteroatoms. The maximum atomic E-state index is 2.00. The minimum atomic E-state index is 0. The van der Waals surface area contributed by atoms with Gasteiger partial charge in [0.2, 0.25) is 0 Å². The number of halogens is 1. The highest BCUT2D eigenvalue weighted by Gasteiger charge is 1.57. The van der Waals surface area contributed by atoms with E-state index >= 15 is 0 Å². The molecule has 0 bridgehead atoms. The van der Waals surface area contributed by atoms with Crippen molar-refractivity contribution in [3.05, 3.63) is 36.4 Å². The Kier molecular flexibility index (Phi) is 4.09. The Morgan fingerprint density at radius 1 is 0.429 bits per heavy atom. The normalized spacial score (nSPS) is 6.86. The van der Waals surface area contributed by atoms with Crippen molar-refractivity contribution in [3.8, 4) is 0 Å². The number of rotatable bonds is 0. The number of hydrogen-bond donors (Lipinski definition) is 0. The molecule has 0 aliphatic carbocycles. The summed E-state index contributed by atoms with van der Waals surface area (Å²) in [5, 5.41) is 0. The second-order valence-electron chi connectivity index (χ2n) is 1.15. The van der Waals surface area contributed by atoms with Crippen LogP contribution in [-0.4, -0.2) is 0 Å². The molecule has 0 saturated heterocycles. The monoisotopic (exact) mass is 206 g/mol. The molecular weight excluding hydrogens is 199 g/mol. The van der Waals surface area contributed by atoms with Crippen molar-refractivity contribution in [2.45, 2.75) is 0 Å². The van der Waals surface area contributed by atoms with Crippen LogP contribution in [0.25, 0.3) is 0 Å². The molecule has 38 valence electrons. The maximum absolute atomic E-state index is 2.00. The van der Waals surface area contributed by atoms with Gasteiger partial charge in [-0.2, -0.15) is 0 Å². The second kappa shape index (κ2) is 4.12. The Morgan fingerprint density at radius 3 is 0.714 bits per heavy atom. The fraction of sp³-hybridized carbons (Fsp3) is 0. The van der Waals surface area contributed by atoms with Crippen LogP contribution in [-0.2, 0) is 0 Å². The second-order valence-corrected chi connectivity index (χ2v) is 1.15. The zero-order valence-corrected chi connectivity index (χ0v) is 6.20. The lowest BCUT2D eigenvalue weighted by atomic mass is 10.4. The predicted octanol–water partition coefficient (Wildman–Crippen LogP) is 2.30. The first kappa shape index (κ1) is 6.95. The van der Waals surface area contributed by atoms with E-state index in [0.29, 0.717) is 0 Å². The summed E-state index contributed by atoms with van der Waals surface area (Å²) in [5.74, 6) is 0. The van der Waals surface area contributed by atoms with E-state index in [4.69, 9.17) is 0 Å². The molecule has 0 heterocycles. The highest BCUT2D eigenvalue weighted by molar-refractivity contribution is 14.0. The highest BCUT2D eigenvalue weighted by atomic mass is 127. The Labute approximate surface area is 60.6 Å². The van der Waals surface area contributed by atoms with E-state index in [9.17, 15) is 0 Å². The van der Waals surface area contributed by atoms with Gasteiger partial charge in [-0.15, -0.1) is 24.0 Å². The van der Waals surface area contributed by atoms with E-state index in [1.807, 2.05) is 36.4 Å². The summed E-state index contributed by atoms with van der Waals surface area (Å²) in [6, 6.07) is 12.0. The van der Waals surface area contributed by atoms with E-state index in [1.165, 1.54) is 0 Å². The summed E-state index contributed by atoms with van der Waals surface area (Å²) < 4.78 is 0. The molecule has 0 atom stereocenters. The van der Waals surface area contributed by atoms with Crippen molar-refractivity contribution < 1.29 is 0 Å². The molecule has 1 aromatic carbocycles. The summed E-state index contributed by atoms with van der Waals surface area (Å²) in [7, 11) is 0. The largest absolute Gasteiger partial charge is 0.107 e. The molecule has 0 amide bonds. The van der Waals surface area contributed by atoms with Gasteiger partial charge in [0, 0.05) is 0 Å². The van der Waals surface area contributed by atoms with Gasteiger partial charge in [-0.3, -0.25) is 0 Å². The molecule has 0 N–H and O–H groups in total. The Balaban J connectivity index is 0.000000360. The van der Waals surface area contributed by atoms with Crippen molar-refractivity contribution in [1.29, 1.82) is 0 Å². The lowest BCUT2D eigenvalue weighted by molar-refractivity contribution is 1.72. The van der Waals surface area contributed by atoms with E-state index in [2.05, 4.69) is 0 Å². The fourth-order valence-corrected chi connectivity index (χ4v) is 0.385. The summed E-state index contributed by atoms with van der Waals surface area (Å²) in [6.07, 6.45) is 0. The topological polar surface area (TPSA) is 0 Å². The minimum Gasteiger partial charge on any atom is -0.107 e. The van der Waals surface area contributed by atoms with Crippen LogP contribution in [0.5, 0.6) is 0 Å². The molecular formula is C6H7I. The van der Waals surface area contributed by atoms with Gasteiger partial charge in [-0.1, -0.05) is 36.4 Å². The summed E-state index contributed by atoms with van der Waals surface area (Å²) >= 11 is 0. The van der Waals surface area contributed by atoms with Gasteiger partial charge in [0.15, 0.2) is 0 Å². The van der Waals surface area contributed by atoms with Crippen LogP contribution in [0, 0.1) is 0 Å². The molecule has 0 unspecified atom stereocenters. The molecule has 0 aromatic heterocycles. The molecule has 0 spiro atoms. The van der Waals surface area contributed by atoms with Crippen molar-refractivity contribution in [3.63, 3.8) is 0 Å². The first-order valence-electron chi connectivity index (χ1n) is 2.00. The molecule has 0 saturated carbocycles. The van der Waals surface area contributed by atoms with E-state index in [0.717, 1.165) is 0 Å². The average molecular weight is 206 g/mol. The zero-order chi connectivity index (χ0) is 4.24. The van der Waals surface area contributed by atoms with Crippen molar-refractivity contribution >= 4 is 24.0 Å². The molecule has 1 aromatic rings. The molecule has 0 aliphatic rings. The third kappa shape index (κ3) is 2.62. The Hall–Kier alpha value is -0.0500. The van der Waals surface area contributed by atoms with Gasteiger partial charge in [0.25, 0.3) is 0 Å². The minimum absolute atomic E-state index is 0. The van der Waals surface area contributed by atoms with E-state index in [-0.39, 0.29) is 24.0 Å². The lowest BCUT2D eigenvalue weighted by Crippen LogP contribution is -1.47. The molecule has 0 nitrogen and oxygen atoms in total. The van der Waals surface area contributed by atoms with Gasteiger partial charge >= 0.3 is 0 Å². The molecule has 1 rings (SSSR count). The Morgan fingerprint density at radius 2 is 0.571 bits per heavy atom. The van der Waals surface area contributed by atoms with Crippen molar-refractivity contribution in [1.82, 2.24) is 0 Å². The maximum Gasteiger partial charge on any atom is -0.0623 e. The quantitative estimate of drug-likeness (QED) is 0.571. The summed E-state index contributed by atoms with van der Waals surface area (Å²) in [4.78, 5) is 0. The SMILES string of the molecule is I.c1ccccc1.